The molecule has 222 valence electrons. The molecule has 41 heavy (non-hydrogen) atoms. The third-order valence-electron chi connectivity index (χ3n) is 7.21. The summed E-state index contributed by atoms with van der Waals surface area (Å²) in [7, 11) is 1.65. The standard InChI is InChI=1S/C24H28F3N7.C2HF3O2/c1-29-21-20-16(9-10-30-22(20)32-23(28)31-21)19-17(24(25,26)27)7-4-8-18(19)34-13-11-33(12-14-34)15-5-2-3-6-15;3-2(4,5)1(6)7/h4,7-10,15H,2-3,5-6,11-14H2,1H3,(H3,28,29,30,31,32);(H,6,7). The number of rotatable bonds is 4. The molecule has 3 heterocycles. The molecule has 15 heteroatoms. The number of halogens is 6. The monoisotopic (exact) mass is 585 g/mol. The molecule has 2 aromatic heterocycles. The van der Waals surface area contributed by atoms with Crippen molar-refractivity contribution in [3.63, 3.8) is 0 Å². The van der Waals surface area contributed by atoms with Crippen molar-refractivity contribution in [2.24, 2.45) is 0 Å². The Morgan fingerprint density at radius 1 is 1.02 bits per heavy atom. The number of nitrogens with zero attached hydrogens (tertiary/aromatic N) is 5. The van der Waals surface area contributed by atoms with Gasteiger partial charge < -0.3 is 21.1 Å². The molecule has 1 saturated carbocycles. The van der Waals surface area contributed by atoms with Crippen molar-refractivity contribution in [3.8, 4) is 11.1 Å². The van der Waals surface area contributed by atoms with Gasteiger partial charge in [-0.2, -0.15) is 36.3 Å². The molecular weight excluding hydrogens is 556 g/mol. The second-order valence-electron chi connectivity index (χ2n) is 9.70. The molecule has 1 aliphatic heterocycles. The Morgan fingerprint density at radius 2 is 1.66 bits per heavy atom. The number of anilines is 3. The maximum absolute atomic E-state index is 14.3. The minimum absolute atomic E-state index is 0.00821. The van der Waals surface area contributed by atoms with E-state index < -0.39 is 23.9 Å². The molecular formula is C26H29F6N7O2. The van der Waals surface area contributed by atoms with E-state index in [0.717, 1.165) is 19.2 Å². The number of nitrogen functional groups attached to an aromatic ring is 1. The summed E-state index contributed by atoms with van der Waals surface area (Å²) < 4.78 is 74.6. The summed E-state index contributed by atoms with van der Waals surface area (Å²) in [6, 6.07) is 6.61. The number of hydrogen-bond donors (Lipinski definition) is 3. The molecule has 0 spiro atoms. The van der Waals surface area contributed by atoms with Gasteiger partial charge in [-0.1, -0.05) is 18.9 Å². The second kappa shape index (κ2) is 11.9. The van der Waals surface area contributed by atoms with E-state index >= 15 is 0 Å². The molecule has 0 bridgehead atoms. The molecule has 2 aliphatic rings. The number of nitrogens with two attached hydrogens (primary N) is 1. The molecule has 1 aliphatic carbocycles. The van der Waals surface area contributed by atoms with Gasteiger partial charge in [0, 0.05) is 62.3 Å². The number of hydrogen-bond acceptors (Lipinski definition) is 8. The SMILES string of the molecule is CNc1nc(N)nc2nccc(-c3c(N4CCN(C5CCCC5)CC4)cccc3C(F)(F)F)c12.O=C(O)C(F)(F)F. The zero-order valence-electron chi connectivity index (χ0n) is 22.1. The van der Waals surface area contributed by atoms with Gasteiger partial charge in [0.2, 0.25) is 5.95 Å². The van der Waals surface area contributed by atoms with Crippen LogP contribution >= 0.6 is 0 Å². The predicted molar refractivity (Wildman–Crippen MR) is 141 cm³/mol. The minimum Gasteiger partial charge on any atom is -0.475 e. The number of nitrogens with one attached hydrogen (secondary N) is 1. The van der Waals surface area contributed by atoms with Crippen LogP contribution in [0.5, 0.6) is 0 Å². The molecule has 0 atom stereocenters. The van der Waals surface area contributed by atoms with Crippen molar-refractivity contribution >= 4 is 34.5 Å². The van der Waals surface area contributed by atoms with Crippen LogP contribution < -0.4 is 16.0 Å². The van der Waals surface area contributed by atoms with Crippen LogP contribution in [0.3, 0.4) is 0 Å². The van der Waals surface area contributed by atoms with E-state index in [0.29, 0.717) is 41.6 Å². The highest BCUT2D eigenvalue weighted by atomic mass is 19.4. The summed E-state index contributed by atoms with van der Waals surface area (Å²) >= 11 is 0. The van der Waals surface area contributed by atoms with Crippen LogP contribution in [0.4, 0.5) is 43.8 Å². The summed E-state index contributed by atoms with van der Waals surface area (Å²) in [5.74, 6) is -2.40. The van der Waals surface area contributed by atoms with E-state index in [9.17, 15) is 26.3 Å². The van der Waals surface area contributed by atoms with Gasteiger partial charge in [0.25, 0.3) is 0 Å². The smallest absolute Gasteiger partial charge is 0.475 e. The van der Waals surface area contributed by atoms with Crippen molar-refractivity contribution < 1.29 is 36.2 Å². The minimum atomic E-state index is -5.08. The molecule has 0 radical (unpaired) electrons. The van der Waals surface area contributed by atoms with Gasteiger partial charge in [-0.25, -0.2) is 9.78 Å². The van der Waals surface area contributed by atoms with Gasteiger partial charge in [-0.3, -0.25) is 4.90 Å². The lowest BCUT2D eigenvalue weighted by molar-refractivity contribution is -0.192. The van der Waals surface area contributed by atoms with Gasteiger partial charge >= 0.3 is 18.3 Å². The van der Waals surface area contributed by atoms with Crippen LogP contribution in [-0.4, -0.2) is 76.4 Å². The molecule has 4 N–H and O–H groups in total. The third-order valence-corrected chi connectivity index (χ3v) is 7.21. The van der Waals surface area contributed by atoms with Gasteiger partial charge in [0.05, 0.1) is 10.9 Å². The van der Waals surface area contributed by atoms with Crippen LogP contribution in [0.1, 0.15) is 31.2 Å². The van der Waals surface area contributed by atoms with E-state index in [2.05, 4.69) is 30.1 Å². The highest BCUT2D eigenvalue weighted by molar-refractivity contribution is 6.03. The molecule has 0 amide bonds. The first-order valence-electron chi connectivity index (χ1n) is 12.9. The number of benzene rings is 1. The van der Waals surface area contributed by atoms with E-state index in [1.165, 1.54) is 37.9 Å². The molecule has 5 rings (SSSR count). The number of carbonyl (C=O) groups is 1. The maximum Gasteiger partial charge on any atom is 0.490 e. The first-order valence-corrected chi connectivity index (χ1v) is 12.9. The number of fused-ring (bicyclic) bond motifs is 1. The predicted octanol–water partition coefficient (Wildman–Crippen LogP) is 5.03. The molecule has 1 saturated heterocycles. The Morgan fingerprint density at radius 3 is 2.22 bits per heavy atom. The number of pyridine rings is 1. The van der Waals surface area contributed by atoms with Gasteiger partial charge in [0.15, 0.2) is 5.65 Å². The van der Waals surface area contributed by atoms with E-state index in [4.69, 9.17) is 15.6 Å². The quantitative estimate of drug-likeness (QED) is 0.362. The fourth-order valence-electron chi connectivity index (χ4n) is 5.38. The summed E-state index contributed by atoms with van der Waals surface area (Å²) in [5, 5.41) is 10.5. The Balaban J connectivity index is 0.000000493. The average Bonchev–Trinajstić information content (AvgIpc) is 3.46. The number of alkyl halides is 6. The second-order valence-corrected chi connectivity index (χ2v) is 9.70. The van der Waals surface area contributed by atoms with Crippen LogP contribution in [0.2, 0.25) is 0 Å². The zero-order valence-corrected chi connectivity index (χ0v) is 22.1. The molecule has 1 aromatic carbocycles. The summed E-state index contributed by atoms with van der Waals surface area (Å²) in [4.78, 5) is 26.1. The van der Waals surface area contributed by atoms with Gasteiger partial charge in [-0.15, -0.1) is 0 Å². The fraction of sp³-hybridized carbons (Fsp3) is 0.462. The molecule has 2 fully saturated rings. The van der Waals surface area contributed by atoms with E-state index in [-0.39, 0.29) is 17.2 Å². The Kier molecular flexibility index (Phi) is 8.75. The number of piperazine rings is 1. The zero-order chi connectivity index (χ0) is 29.9. The van der Waals surface area contributed by atoms with Crippen LogP contribution in [0.15, 0.2) is 30.5 Å². The van der Waals surface area contributed by atoms with Gasteiger partial charge in [0.1, 0.15) is 5.82 Å². The summed E-state index contributed by atoms with van der Waals surface area (Å²) in [6.07, 6.45) is -3.18. The average molecular weight is 586 g/mol. The lowest BCUT2D eigenvalue weighted by atomic mass is 9.94. The molecule has 0 unspecified atom stereocenters. The number of aliphatic carboxylic acids is 1. The first-order chi connectivity index (χ1) is 19.3. The molecule has 9 nitrogen and oxygen atoms in total. The number of carboxylic acid groups (broad SMARTS) is 1. The van der Waals surface area contributed by atoms with Crippen molar-refractivity contribution in [3.05, 3.63) is 36.0 Å². The first kappa shape index (κ1) is 30.1. The molecule has 3 aromatic rings. The van der Waals surface area contributed by atoms with Crippen molar-refractivity contribution in [1.29, 1.82) is 0 Å². The van der Waals surface area contributed by atoms with Crippen molar-refractivity contribution in [2.75, 3.05) is 49.2 Å². The summed E-state index contributed by atoms with van der Waals surface area (Å²) in [5.41, 5.74) is 6.45. The number of aromatic nitrogens is 3. The highest BCUT2D eigenvalue weighted by Crippen LogP contribution is 2.45. The van der Waals surface area contributed by atoms with Crippen molar-refractivity contribution in [1.82, 2.24) is 19.9 Å². The fourth-order valence-corrected chi connectivity index (χ4v) is 5.38. The number of carboxylic acids is 1. The lowest BCUT2D eigenvalue weighted by Crippen LogP contribution is -2.49. The Bertz CT molecular complexity index is 1390. The van der Waals surface area contributed by atoms with E-state index in [1.54, 1.807) is 19.2 Å². The Hall–Kier alpha value is -3.88. The summed E-state index contributed by atoms with van der Waals surface area (Å²) in [6.45, 7) is 3.05. The van der Waals surface area contributed by atoms with E-state index in [1.807, 2.05) is 0 Å². The van der Waals surface area contributed by atoms with Gasteiger partial charge in [-0.05, 0) is 31.0 Å². The third kappa shape index (κ3) is 6.72. The van der Waals surface area contributed by atoms with Crippen LogP contribution in [0, 0.1) is 0 Å². The normalized spacial score (nSPS) is 16.9. The topological polar surface area (TPSA) is 120 Å². The van der Waals surface area contributed by atoms with Crippen molar-refractivity contribution in [2.45, 2.75) is 44.1 Å². The van der Waals surface area contributed by atoms with Crippen LogP contribution in [0.25, 0.3) is 22.2 Å². The highest BCUT2D eigenvalue weighted by Gasteiger charge is 2.38. The maximum atomic E-state index is 14.3. The largest absolute Gasteiger partial charge is 0.490 e. The Labute approximate surface area is 231 Å². The van der Waals surface area contributed by atoms with Crippen LogP contribution in [-0.2, 0) is 11.0 Å². The lowest BCUT2D eigenvalue weighted by Gasteiger charge is -2.40.